The molecule has 0 bridgehead atoms. The quantitative estimate of drug-likeness (QED) is 0.441. The predicted molar refractivity (Wildman–Crippen MR) is 134 cm³/mol. The van der Waals surface area contributed by atoms with Crippen LogP contribution in [0.15, 0.2) is 35.6 Å². The Morgan fingerprint density at radius 2 is 2.03 bits per heavy atom. The van der Waals surface area contributed by atoms with Gasteiger partial charge in [0, 0.05) is 18.0 Å². The number of ether oxygens (including phenoxy) is 1. The van der Waals surface area contributed by atoms with Crippen LogP contribution in [0.5, 0.6) is 5.88 Å². The first-order valence-corrected chi connectivity index (χ1v) is 11.8. The van der Waals surface area contributed by atoms with Gasteiger partial charge in [0.1, 0.15) is 17.4 Å². The van der Waals surface area contributed by atoms with Crippen molar-refractivity contribution in [3.63, 3.8) is 0 Å². The van der Waals surface area contributed by atoms with Crippen molar-refractivity contribution >= 4 is 28.7 Å². The van der Waals surface area contributed by atoms with E-state index < -0.39 is 11.5 Å². The van der Waals surface area contributed by atoms with Crippen molar-refractivity contribution in [3.05, 3.63) is 52.3 Å². The van der Waals surface area contributed by atoms with Gasteiger partial charge in [-0.05, 0) is 52.9 Å². The maximum Gasteiger partial charge on any atom is 0.263 e. The second kappa shape index (κ2) is 9.41. The molecule has 1 fully saturated rings. The summed E-state index contributed by atoms with van der Waals surface area (Å²) in [5.74, 6) is 0.0217. The van der Waals surface area contributed by atoms with Crippen molar-refractivity contribution in [1.82, 2.24) is 24.6 Å². The zero-order chi connectivity index (χ0) is 24.5. The van der Waals surface area contributed by atoms with Crippen LogP contribution >= 0.6 is 0 Å². The summed E-state index contributed by atoms with van der Waals surface area (Å²) >= 11 is 0. The van der Waals surface area contributed by atoms with Gasteiger partial charge in [0.15, 0.2) is 0 Å². The van der Waals surface area contributed by atoms with Crippen molar-refractivity contribution in [3.8, 4) is 5.88 Å². The zero-order valence-corrected chi connectivity index (χ0v) is 20.1. The molecular weight excluding hydrogens is 448 g/mol. The minimum Gasteiger partial charge on any atom is -0.471 e. The van der Waals surface area contributed by atoms with E-state index in [1.165, 1.54) is 6.20 Å². The van der Waals surface area contributed by atoms with Gasteiger partial charge in [-0.25, -0.2) is 4.98 Å². The van der Waals surface area contributed by atoms with Gasteiger partial charge >= 0.3 is 0 Å². The van der Waals surface area contributed by atoms with Crippen LogP contribution < -0.4 is 26.2 Å². The predicted octanol–water partition coefficient (Wildman–Crippen LogP) is 2.73. The van der Waals surface area contributed by atoms with E-state index in [4.69, 9.17) is 4.74 Å². The lowest BCUT2D eigenvalue weighted by Crippen LogP contribution is -2.31. The number of pyridine rings is 2. The fraction of sp³-hybridized carbons (Fsp3) is 0.417. The Morgan fingerprint density at radius 3 is 2.83 bits per heavy atom. The van der Waals surface area contributed by atoms with E-state index in [2.05, 4.69) is 43.0 Å². The number of carbonyl (C=O) groups is 1. The van der Waals surface area contributed by atoms with Crippen LogP contribution in [0.4, 0.5) is 22.7 Å². The first-order valence-electron chi connectivity index (χ1n) is 11.8. The van der Waals surface area contributed by atoms with E-state index in [1.54, 1.807) is 18.5 Å². The molecule has 0 spiro atoms. The third-order valence-corrected chi connectivity index (χ3v) is 6.56. The van der Waals surface area contributed by atoms with Crippen LogP contribution in [0.2, 0.25) is 0 Å². The highest BCUT2D eigenvalue weighted by Crippen LogP contribution is 2.35. The van der Waals surface area contributed by atoms with Crippen molar-refractivity contribution in [2.45, 2.75) is 38.8 Å². The number of fused-ring (bicyclic) bond motifs is 1. The molecule has 4 N–H and O–H groups in total. The molecule has 11 nitrogen and oxygen atoms in total. The molecule has 11 heteroatoms. The Kier molecular flexibility index (Phi) is 6.16. The lowest BCUT2D eigenvalue weighted by Gasteiger charge is -2.28. The molecule has 184 valence electrons. The van der Waals surface area contributed by atoms with Crippen LogP contribution in [0.25, 0.3) is 0 Å². The highest BCUT2D eigenvalue weighted by Gasteiger charge is 2.23. The molecule has 3 aromatic heterocycles. The number of rotatable bonds is 5. The fourth-order valence-electron chi connectivity index (χ4n) is 4.49. The topological polar surface area (TPSA) is 129 Å². The van der Waals surface area contributed by atoms with Crippen LogP contribution in [-0.4, -0.2) is 63.3 Å². The van der Waals surface area contributed by atoms with Crippen LogP contribution in [0.1, 0.15) is 41.7 Å². The molecule has 0 aromatic carbocycles. The maximum atomic E-state index is 13.2. The summed E-state index contributed by atoms with van der Waals surface area (Å²) in [6, 6.07) is 1.96. The van der Waals surface area contributed by atoms with E-state index in [-0.39, 0.29) is 11.7 Å². The normalized spacial score (nSPS) is 18.3. The van der Waals surface area contributed by atoms with Crippen LogP contribution in [-0.2, 0) is 0 Å². The summed E-state index contributed by atoms with van der Waals surface area (Å²) in [4.78, 5) is 35.1. The molecule has 2 aliphatic rings. The van der Waals surface area contributed by atoms with E-state index in [0.29, 0.717) is 35.5 Å². The van der Waals surface area contributed by atoms with Crippen molar-refractivity contribution in [2.24, 2.45) is 0 Å². The molecule has 1 atom stereocenters. The number of anilines is 4. The molecule has 35 heavy (non-hydrogen) atoms. The standard InChI is InChI=1S/C24H30N8O3/c1-14-10-26-21-15(2)19(12-27-24(21)35-14)30-18-4-7-25-22(33)20(18)23(34)29-16-11-28-32(13-16)17-5-8-31(3)9-6-17/h4,7,11-14,17,26H,5-6,8-10H2,1-3H3,(H,29,34)(H2,25,30,33). The molecule has 1 unspecified atom stereocenters. The Balaban J connectivity index is 1.36. The highest BCUT2D eigenvalue weighted by molar-refractivity contribution is 6.08. The number of aromatic nitrogens is 4. The second-order valence-corrected chi connectivity index (χ2v) is 9.20. The number of H-pyrrole nitrogens is 1. The summed E-state index contributed by atoms with van der Waals surface area (Å²) in [6.07, 6.45) is 8.62. The summed E-state index contributed by atoms with van der Waals surface area (Å²) < 4.78 is 7.68. The Labute approximate surface area is 202 Å². The number of amides is 1. The van der Waals surface area contributed by atoms with Crippen molar-refractivity contribution in [1.29, 1.82) is 0 Å². The van der Waals surface area contributed by atoms with E-state index >= 15 is 0 Å². The van der Waals surface area contributed by atoms with Gasteiger partial charge in [0.05, 0.1) is 42.0 Å². The third-order valence-electron chi connectivity index (χ3n) is 6.56. The Bertz CT molecular complexity index is 1290. The molecule has 3 aromatic rings. The summed E-state index contributed by atoms with van der Waals surface area (Å²) in [7, 11) is 2.11. The van der Waals surface area contributed by atoms with Gasteiger partial charge in [-0.1, -0.05) is 0 Å². The number of hydrogen-bond acceptors (Lipinski definition) is 8. The number of carbonyl (C=O) groups excluding carboxylic acids is 1. The zero-order valence-electron chi connectivity index (χ0n) is 20.1. The van der Waals surface area contributed by atoms with Gasteiger partial charge in [-0.3, -0.25) is 14.3 Å². The number of aromatic amines is 1. The summed E-state index contributed by atoms with van der Waals surface area (Å²) in [5.41, 5.74) is 2.76. The molecule has 1 saturated heterocycles. The van der Waals surface area contributed by atoms with E-state index in [9.17, 15) is 9.59 Å². The lowest BCUT2D eigenvalue weighted by molar-refractivity contribution is 0.102. The molecule has 2 aliphatic heterocycles. The monoisotopic (exact) mass is 478 g/mol. The number of nitrogens with zero attached hydrogens (tertiary/aromatic N) is 4. The maximum absolute atomic E-state index is 13.2. The highest BCUT2D eigenvalue weighted by atomic mass is 16.5. The molecule has 5 heterocycles. The molecular formula is C24H30N8O3. The number of likely N-dealkylation sites (tertiary alicyclic amines) is 1. The smallest absolute Gasteiger partial charge is 0.263 e. The second-order valence-electron chi connectivity index (χ2n) is 9.20. The molecule has 0 radical (unpaired) electrons. The Morgan fingerprint density at radius 1 is 1.23 bits per heavy atom. The van der Waals surface area contributed by atoms with Gasteiger partial charge < -0.3 is 30.6 Å². The molecule has 0 saturated carbocycles. The first-order chi connectivity index (χ1) is 16.9. The minimum atomic E-state index is -0.517. The van der Waals surface area contributed by atoms with E-state index in [1.807, 2.05) is 24.7 Å². The molecule has 0 aliphatic carbocycles. The lowest BCUT2D eigenvalue weighted by atomic mass is 10.1. The number of piperidine rings is 1. The SMILES string of the molecule is Cc1c(Nc2cc[nH]c(=O)c2C(=O)Nc2cnn(C3CCN(C)CC3)c2)cnc2c1NCC(C)O2. The van der Waals surface area contributed by atoms with Crippen LogP contribution in [0, 0.1) is 6.92 Å². The van der Waals surface area contributed by atoms with Gasteiger partial charge in [-0.2, -0.15) is 5.10 Å². The van der Waals surface area contributed by atoms with Gasteiger partial charge in [-0.15, -0.1) is 0 Å². The number of nitrogens with one attached hydrogen (secondary N) is 4. The largest absolute Gasteiger partial charge is 0.471 e. The van der Waals surface area contributed by atoms with Gasteiger partial charge in [0.2, 0.25) is 5.88 Å². The van der Waals surface area contributed by atoms with Crippen molar-refractivity contribution < 1.29 is 9.53 Å². The molecule has 1 amide bonds. The fourth-order valence-corrected chi connectivity index (χ4v) is 4.49. The minimum absolute atomic E-state index is 0.0190. The van der Waals surface area contributed by atoms with Gasteiger partial charge in [0.25, 0.3) is 11.5 Å². The van der Waals surface area contributed by atoms with E-state index in [0.717, 1.165) is 37.2 Å². The average molecular weight is 479 g/mol. The average Bonchev–Trinajstić information content (AvgIpc) is 3.29. The molecule has 5 rings (SSSR count). The van der Waals surface area contributed by atoms with Crippen molar-refractivity contribution in [2.75, 3.05) is 42.6 Å². The number of hydrogen-bond donors (Lipinski definition) is 4. The summed E-state index contributed by atoms with van der Waals surface area (Å²) in [6.45, 7) is 6.59. The summed E-state index contributed by atoms with van der Waals surface area (Å²) in [5, 5.41) is 13.8. The third kappa shape index (κ3) is 4.72. The Hall–Kier alpha value is -3.86. The van der Waals surface area contributed by atoms with Crippen LogP contribution in [0.3, 0.4) is 0 Å². The first kappa shape index (κ1) is 22.9.